The topological polar surface area (TPSA) is 59.8 Å². The van der Waals surface area contributed by atoms with Crippen molar-refractivity contribution in [2.75, 3.05) is 5.32 Å². The number of hydrogen-bond acceptors (Lipinski definition) is 3. The van der Waals surface area contributed by atoms with E-state index < -0.39 is 0 Å². The first-order valence-corrected chi connectivity index (χ1v) is 8.48. The molecule has 4 rings (SSSR count). The minimum absolute atomic E-state index is 0.107. The zero-order valence-corrected chi connectivity index (χ0v) is 14.7. The number of halogens is 1. The van der Waals surface area contributed by atoms with Gasteiger partial charge in [-0.2, -0.15) is 0 Å². The van der Waals surface area contributed by atoms with Gasteiger partial charge in [-0.15, -0.1) is 5.10 Å². The Hall–Kier alpha value is -3.18. The molecule has 0 fully saturated rings. The fraction of sp³-hybridized carbons (Fsp3) is 0.0500. The lowest BCUT2D eigenvalue weighted by Crippen LogP contribution is -2.14. The second-order valence-electron chi connectivity index (χ2n) is 5.89. The van der Waals surface area contributed by atoms with Crippen molar-refractivity contribution in [3.63, 3.8) is 0 Å². The average Bonchev–Trinajstić information content (AvgIpc) is 3.03. The van der Waals surface area contributed by atoms with Crippen molar-refractivity contribution < 1.29 is 4.79 Å². The highest BCUT2D eigenvalue weighted by Gasteiger charge is 2.15. The molecule has 0 radical (unpaired) electrons. The second-order valence-corrected chi connectivity index (χ2v) is 6.33. The van der Waals surface area contributed by atoms with Crippen molar-refractivity contribution in [2.45, 2.75) is 6.92 Å². The summed E-state index contributed by atoms with van der Waals surface area (Å²) >= 11 is 6.03. The van der Waals surface area contributed by atoms with E-state index >= 15 is 0 Å². The Balaban J connectivity index is 1.61. The molecule has 0 aliphatic heterocycles. The molecule has 1 N–H and O–H groups in total. The molecule has 1 aromatic heterocycles. The minimum atomic E-state index is -0.357. The molecule has 0 saturated heterocycles. The van der Waals surface area contributed by atoms with Gasteiger partial charge < -0.3 is 5.32 Å². The molecule has 5 nitrogen and oxygen atoms in total. The normalized spacial score (nSPS) is 10.8. The first-order chi connectivity index (χ1) is 12.6. The quantitative estimate of drug-likeness (QED) is 0.577. The van der Waals surface area contributed by atoms with Crippen LogP contribution in [-0.4, -0.2) is 20.7 Å². The van der Waals surface area contributed by atoms with E-state index in [0.717, 1.165) is 16.5 Å². The number of carbonyl (C=O) groups is 1. The molecule has 4 aromatic rings. The molecule has 0 spiro atoms. The zero-order valence-electron chi connectivity index (χ0n) is 14.0. The molecule has 3 aromatic carbocycles. The van der Waals surface area contributed by atoms with Crippen molar-refractivity contribution >= 4 is 34.0 Å². The third kappa shape index (κ3) is 3.17. The summed E-state index contributed by atoms with van der Waals surface area (Å²) in [6, 6.07) is 21.0. The van der Waals surface area contributed by atoms with Gasteiger partial charge >= 0.3 is 0 Å². The Labute approximate surface area is 155 Å². The summed E-state index contributed by atoms with van der Waals surface area (Å²) in [5.74, 6) is 0.357. The number of aromatic nitrogens is 3. The van der Waals surface area contributed by atoms with Gasteiger partial charge in [-0.3, -0.25) is 4.79 Å². The molecule has 0 aliphatic rings. The van der Waals surface area contributed by atoms with E-state index in [1.54, 1.807) is 23.7 Å². The summed E-state index contributed by atoms with van der Waals surface area (Å²) in [7, 11) is 0. The van der Waals surface area contributed by atoms with Crippen LogP contribution in [-0.2, 0) is 0 Å². The van der Waals surface area contributed by atoms with Crippen LogP contribution < -0.4 is 5.32 Å². The van der Waals surface area contributed by atoms with E-state index in [4.69, 9.17) is 11.6 Å². The highest BCUT2D eigenvalue weighted by atomic mass is 35.5. The van der Waals surface area contributed by atoms with E-state index in [9.17, 15) is 4.79 Å². The summed E-state index contributed by atoms with van der Waals surface area (Å²) in [6.07, 6.45) is 0. The van der Waals surface area contributed by atoms with Gasteiger partial charge in [0.25, 0.3) is 5.91 Å². The van der Waals surface area contributed by atoms with Crippen molar-refractivity contribution in [3.05, 3.63) is 83.4 Å². The van der Waals surface area contributed by atoms with Gasteiger partial charge in [-0.05, 0) is 48.0 Å². The third-order valence-corrected chi connectivity index (χ3v) is 4.27. The predicted molar refractivity (Wildman–Crippen MR) is 103 cm³/mol. The maximum absolute atomic E-state index is 12.5. The SMILES string of the molecule is Cc1nc(C(=O)Nc2ccc3ccccc3c2)nn1-c1cccc(Cl)c1. The predicted octanol–water partition coefficient (Wildman–Crippen LogP) is 4.63. The van der Waals surface area contributed by atoms with Crippen molar-refractivity contribution in [1.82, 2.24) is 14.8 Å². The number of benzene rings is 3. The molecular formula is C20H15ClN4O. The van der Waals surface area contributed by atoms with Crippen molar-refractivity contribution in [1.29, 1.82) is 0 Å². The highest BCUT2D eigenvalue weighted by Crippen LogP contribution is 2.20. The maximum atomic E-state index is 12.5. The molecule has 26 heavy (non-hydrogen) atoms. The number of anilines is 1. The van der Waals surface area contributed by atoms with Gasteiger partial charge in [0, 0.05) is 10.7 Å². The Kier molecular flexibility index (Phi) is 4.14. The monoisotopic (exact) mass is 362 g/mol. The maximum Gasteiger partial charge on any atom is 0.295 e. The summed E-state index contributed by atoms with van der Waals surface area (Å²) in [4.78, 5) is 16.8. The molecule has 0 unspecified atom stereocenters. The number of nitrogens with one attached hydrogen (secondary N) is 1. The van der Waals surface area contributed by atoms with E-state index in [1.807, 2.05) is 54.6 Å². The largest absolute Gasteiger partial charge is 0.319 e. The van der Waals surface area contributed by atoms with Crippen molar-refractivity contribution in [3.8, 4) is 5.69 Å². The first-order valence-electron chi connectivity index (χ1n) is 8.10. The Bertz CT molecular complexity index is 1120. The molecule has 1 heterocycles. The van der Waals surface area contributed by atoms with Crippen LogP contribution >= 0.6 is 11.6 Å². The lowest BCUT2D eigenvalue weighted by Gasteiger charge is -2.05. The fourth-order valence-corrected chi connectivity index (χ4v) is 2.98. The van der Waals surface area contributed by atoms with E-state index in [2.05, 4.69) is 15.4 Å². The van der Waals surface area contributed by atoms with Gasteiger partial charge in [0.15, 0.2) is 0 Å². The lowest BCUT2D eigenvalue weighted by molar-refractivity contribution is 0.101. The van der Waals surface area contributed by atoms with E-state index in [-0.39, 0.29) is 11.7 Å². The molecule has 0 atom stereocenters. The number of hydrogen-bond donors (Lipinski definition) is 1. The smallest absolute Gasteiger partial charge is 0.295 e. The summed E-state index contributed by atoms with van der Waals surface area (Å²) in [5.41, 5.74) is 1.46. The fourth-order valence-electron chi connectivity index (χ4n) is 2.79. The van der Waals surface area contributed by atoms with E-state index in [1.165, 1.54) is 0 Å². The second kappa shape index (κ2) is 6.61. The van der Waals surface area contributed by atoms with E-state index in [0.29, 0.717) is 16.5 Å². The molecule has 1 amide bonds. The molecule has 6 heteroatoms. The minimum Gasteiger partial charge on any atom is -0.319 e. The first kappa shape index (κ1) is 16.3. The lowest BCUT2D eigenvalue weighted by atomic mass is 10.1. The van der Waals surface area contributed by atoms with Gasteiger partial charge in [-0.25, -0.2) is 9.67 Å². The average molecular weight is 363 g/mol. The standard InChI is InChI=1S/C20H15ClN4O/c1-13-22-19(24-25(13)18-8-4-7-16(21)12-18)20(26)23-17-10-9-14-5-2-3-6-15(14)11-17/h2-12H,1H3,(H,23,26). The number of carbonyl (C=O) groups excluding carboxylic acids is 1. The van der Waals surface area contributed by atoms with Crippen LogP contribution in [0.2, 0.25) is 5.02 Å². The zero-order chi connectivity index (χ0) is 18.1. The number of rotatable bonds is 3. The van der Waals surface area contributed by atoms with Crippen LogP contribution in [0.4, 0.5) is 5.69 Å². The van der Waals surface area contributed by atoms with Gasteiger partial charge in [0.05, 0.1) is 5.69 Å². The number of aryl methyl sites for hydroxylation is 1. The van der Waals surface area contributed by atoms with Crippen LogP contribution in [0.25, 0.3) is 16.5 Å². The van der Waals surface area contributed by atoms with Crippen molar-refractivity contribution in [2.24, 2.45) is 0 Å². The summed E-state index contributed by atoms with van der Waals surface area (Å²) < 4.78 is 1.60. The van der Waals surface area contributed by atoms with Gasteiger partial charge in [-0.1, -0.05) is 48.0 Å². The summed E-state index contributed by atoms with van der Waals surface area (Å²) in [6.45, 7) is 1.79. The molecule has 0 aliphatic carbocycles. The number of fused-ring (bicyclic) bond motifs is 1. The van der Waals surface area contributed by atoms with Gasteiger partial charge in [0.2, 0.25) is 5.82 Å². The summed E-state index contributed by atoms with van der Waals surface area (Å²) in [5, 5.41) is 9.93. The Morgan fingerprint density at radius 1 is 1.00 bits per heavy atom. The molecule has 0 saturated carbocycles. The van der Waals surface area contributed by atoms with Crippen LogP contribution in [0.1, 0.15) is 16.4 Å². The third-order valence-electron chi connectivity index (χ3n) is 4.03. The number of nitrogens with zero attached hydrogens (tertiary/aromatic N) is 3. The number of amides is 1. The molecular weight excluding hydrogens is 348 g/mol. The Morgan fingerprint density at radius 3 is 2.62 bits per heavy atom. The molecule has 128 valence electrons. The van der Waals surface area contributed by atoms with Gasteiger partial charge in [0.1, 0.15) is 5.82 Å². The Morgan fingerprint density at radius 2 is 1.81 bits per heavy atom. The van der Waals surface area contributed by atoms with Crippen LogP contribution in [0.15, 0.2) is 66.7 Å². The van der Waals surface area contributed by atoms with Crippen LogP contribution in [0.5, 0.6) is 0 Å². The highest BCUT2D eigenvalue weighted by molar-refractivity contribution is 6.30. The molecule has 0 bridgehead atoms. The van der Waals surface area contributed by atoms with Crippen LogP contribution in [0.3, 0.4) is 0 Å². The van der Waals surface area contributed by atoms with Crippen LogP contribution in [0, 0.1) is 6.92 Å².